The van der Waals surface area contributed by atoms with E-state index in [4.69, 9.17) is 32.8 Å². The zero-order valence-electron chi connectivity index (χ0n) is 12.0. The summed E-state index contributed by atoms with van der Waals surface area (Å²) in [5.41, 5.74) is 1.13. The Morgan fingerprint density at radius 3 is 2.48 bits per heavy atom. The second-order valence-electron chi connectivity index (χ2n) is 4.28. The maximum absolute atomic E-state index is 13.3. The van der Waals surface area contributed by atoms with Crippen LogP contribution in [-0.4, -0.2) is 38.3 Å². The summed E-state index contributed by atoms with van der Waals surface area (Å²) in [5, 5.41) is 1.34. The lowest BCUT2D eigenvalue weighted by atomic mass is 10.1. The molecule has 0 bridgehead atoms. The molecule has 0 saturated carbocycles. The van der Waals surface area contributed by atoms with Gasteiger partial charge in [-0.25, -0.2) is 9.18 Å². The average Bonchev–Trinajstić information content (AvgIpc) is 2.43. The quantitative estimate of drug-likeness (QED) is 0.345. The molecule has 21 heavy (non-hydrogen) atoms. The second-order valence-corrected chi connectivity index (χ2v) is 5.10. The molecule has 0 saturated heterocycles. The van der Waals surface area contributed by atoms with Crippen molar-refractivity contribution >= 4 is 34.7 Å². The normalized spacial score (nSPS) is 11.9. The summed E-state index contributed by atoms with van der Waals surface area (Å²) in [4.78, 5) is 16.5. The Morgan fingerprint density at radius 1 is 1.38 bits per heavy atom. The highest BCUT2D eigenvalue weighted by molar-refractivity contribution is 6.35. The first-order chi connectivity index (χ1) is 9.85. The zero-order valence-corrected chi connectivity index (χ0v) is 13.5. The number of hydrogen-bond donors (Lipinski definition) is 0. The van der Waals surface area contributed by atoms with Crippen molar-refractivity contribution in [3.8, 4) is 0 Å². The van der Waals surface area contributed by atoms with E-state index in [1.165, 1.54) is 30.4 Å². The standard InChI is InChI=1S/C14H16Cl2FNO3/c1-9(6-13(19)21-5-4-18(2)20-3)10-7-11(15)14(17)12(16)8-10/h6-8H,4-5H2,1-3H3/b9-6+. The van der Waals surface area contributed by atoms with E-state index in [0.29, 0.717) is 17.7 Å². The van der Waals surface area contributed by atoms with Crippen LogP contribution in [0, 0.1) is 5.82 Å². The van der Waals surface area contributed by atoms with Gasteiger partial charge in [-0.15, -0.1) is 0 Å². The van der Waals surface area contributed by atoms with Gasteiger partial charge in [0.2, 0.25) is 0 Å². The molecule has 0 heterocycles. The van der Waals surface area contributed by atoms with E-state index in [-0.39, 0.29) is 16.7 Å². The highest BCUT2D eigenvalue weighted by Crippen LogP contribution is 2.28. The van der Waals surface area contributed by atoms with Gasteiger partial charge < -0.3 is 9.57 Å². The fourth-order valence-corrected chi connectivity index (χ4v) is 1.94. The summed E-state index contributed by atoms with van der Waals surface area (Å²) < 4.78 is 18.3. The molecule has 7 heteroatoms. The van der Waals surface area contributed by atoms with E-state index < -0.39 is 11.8 Å². The van der Waals surface area contributed by atoms with Crippen LogP contribution in [0.1, 0.15) is 12.5 Å². The largest absolute Gasteiger partial charge is 0.461 e. The highest BCUT2D eigenvalue weighted by atomic mass is 35.5. The molecular weight excluding hydrogens is 320 g/mol. The molecule has 0 aliphatic heterocycles. The Kier molecular flexibility index (Phi) is 7.11. The van der Waals surface area contributed by atoms with Gasteiger partial charge in [0.15, 0.2) is 5.82 Å². The third-order valence-electron chi connectivity index (χ3n) is 2.74. The summed E-state index contributed by atoms with van der Waals surface area (Å²) in [7, 11) is 3.24. The number of esters is 1. The second kappa shape index (κ2) is 8.34. The Bertz CT molecular complexity index is 526. The van der Waals surface area contributed by atoms with Gasteiger partial charge in [-0.1, -0.05) is 23.2 Å². The van der Waals surface area contributed by atoms with Gasteiger partial charge >= 0.3 is 5.97 Å². The SMILES string of the molecule is CON(C)CCOC(=O)/C=C(\C)c1cc(Cl)c(F)c(Cl)c1. The molecule has 0 aromatic heterocycles. The lowest BCUT2D eigenvalue weighted by Gasteiger charge is -2.12. The van der Waals surface area contributed by atoms with Gasteiger partial charge in [-0.3, -0.25) is 0 Å². The van der Waals surface area contributed by atoms with Gasteiger partial charge in [0.05, 0.1) is 23.7 Å². The molecule has 1 aromatic carbocycles. The highest BCUT2D eigenvalue weighted by Gasteiger charge is 2.10. The van der Waals surface area contributed by atoms with Gasteiger partial charge in [0, 0.05) is 13.1 Å². The monoisotopic (exact) mass is 335 g/mol. The number of benzene rings is 1. The number of ether oxygens (including phenoxy) is 1. The molecule has 0 amide bonds. The minimum absolute atomic E-state index is 0.0969. The number of likely N-dealkylation sites (N-methyl/N-ethyl adjacent to an activating group) is 1. The maximum atomic E-state index is 13.3. The lowest BCUT2D eigenvalue weighted by Crippen LogP contribution is -2.22. The van der Waals surface area contributed by atoms with Crippen molar-refractivity contribution in [2.75, 3.05) is 27.3 Å². The van der Waals surface area contributed by atoms with E-state index in [1.54, 1.807) is 14.0 Å². The van der Waals surface area contributed by atoms with Crippen LogP contribution in [0.25, 0.3) is 5.57 Å². The number of carbonyl (C=O) groups is 1. The fraction of sp³-hybridized carbons (Fsp3) is 0.357. The van der Waals surface area contributed by atoms with Crippen LogP contribution in [0.5, 0.6) is 0 Å². The molecule has 0 aliphatic rings. The van der Waals surface area contributed by atoms with Crippen LogP contribution in [-0.2, 0) is 14.4 Å². The molecule has 0 radical (unpaired) electrons. The van der Waals surface area contributed by atoms with Crippen LogP contribution in [0.15, 0.2) is 18.2 Å². The number of nitrogens with zero attached hydrogens (tertiary/aromatic N) is 1. The number of rotatable bonds is 6. The number of allylic oxidation sites excluding steroid dienone is 1. The van der Waals surface area contributed by atoms with Crippen LogP contribution < -0.4 is 0 Å². The number of carbonyl (C=O) groups excluding carboxylic acids is 1. The molecule has 0 aliphatic carbocycles. The van der Waals surface area contributed by atoms with Gasteiger partial charge in [-0.2, -0.15) is 5.06 Å². The van der Waals surface area contributed by atoms with Crippen LogP contribution in [0.2, 0.25) is 10.0 Å². The summed E-state index contributed by atoms with van der Waals surface area (Å²) >= 11 is 11.4. The third-order valence-corrected chi connectivity index (χ3v) is 3.29. The van der Waals surface area contributed by atoms with Crippen molar-refractivity contribution in [2.24, 2.45) is 0 Å². The molecule has 116 valence electrons. The van der Waals surface area contributed by atoms with Gasteiger partial charge in [-0.05, 0) is 30.2 Å². The molecular formula is C14H16Cl2FNO3. The number of halogens is 3. The van der Waals surface area contributed by atoms with E-state index in [0.717, 1.165) is 0 Å². The molecule has 0 unspecified atom stereocenters. The number of hydroxylamine groups is 2. The molecule has 1 aromatic rings. The van der Waals surface area contributed by atoms with Crippen molar-refractivity contribution in [1.82, 2.24) is 5.06 Å². The van der Waals surface area contributed by atoms with E-state index in [2.05, 4.69) is 0 Å². The minimum atomic E-state index is -0.680. The Morgan fingerprint density at radius 2 is 1.95 bits per heavy atom. The van der Waals surface area contributed by atoms with Gasteiger partial charge in [0.25, 0.3) is 0 Å². The van der Waals surface area contributed by atoms with Crippen molar-refractivity contribution in [3.63, 3.8) is 0 Å². The van der Waals surface area contributed by atoms with Crippen molar-refractivity contribution in [1.29, 1.82) is 0 Å². The maximum Gasteiger partial charge on any atom is 0.331 e. The van der Waals surface area contributed by atoms with Crippen molar-refractivity contribution < 1.29 is 18.8 Å². The van der Waals surface area contributed by atoms with Crippen LogP contribution in [0.3, 0.4) is 0 Å². The summed E-state index contributed by atoms with van der Waals surface area (Å²) in [6.07, 6.45) is 1.30. The van der Waals surface area contributed by atoms with E-state index >= 15 is 0 Å². The fourth-order valence-electron chi connectivity index (χ4n) is 1.45. The van der Waals surface area contributed by atoms with Crippen molar-refractivity contribution in [2.45, 2.75) is 6.92 Å². The molecule has 0 N–H and O–H groups in total. The lowest BCUT2D eigenvalue weighted by molar-refractivity contribution is -0.145. The topological polar surface area (TPSA) is 38.8 Å². The minimum Gasteiger partial charge on any atom is -0.461 e. The summed E-state index contributed by atoms with van der Waals surface area (Å²) in [6.45, 7) is 2.32. The average molecular weight is 336 g/mol. The molecule has 1 rings (SSSR count). The van der Waals surface area contributed by atoms with Crippen LogP contribution in [0.4, 0.5) is 4.39 Å². The molecule has 0 atom stereocenters. The van der Waals surface area contributed by atoms with Crippen LogP contribution >= 0.6 is 23.2 Å². The first-order valence-corrected chi connectivity index (χ1v) is 6.86. The van der Waals surface area contributed by atoms with Crippen molar-refractivity contribution in [3.05, 3.63) is 39.6 Å². The zero-order chi connectivity index (χ0) is 16.0. The predicted octanol–water partition coefficient (Wildman–Crippen LogP) is 3.57. The predicted molar refractivity (Wildman–Crippen MR) is 80.7 cm³/mol. The Labute approximate surface area is 133 Å². The number of hydrogen-bond acceptors (Lipinski definition) is 4. The molecule has 0 fully saturated rings. The summed E-state index contributed by atoms with van der Waals surface area (Å²) in [6, 6.07) is 2.81. The third kappa shape index (κ3) is 5.63. The van der Waals surface area contributed by atoms with E-state index in [1.807, 2.05) is 0 Å². The smallest absolute Gasteiger partial charge is 0.331 e. The van der Waals surface area contributed by atoms with E-state index in [9.17, 15) is 9.18 Å². The molecule has 4 nitrogen and oxygen atoms in total. The Balaban J connectivity index is 2.69. The molecule has 0 spiro atoms. The summed E-state index contributed by atoms with van der Waals surface area (Å²) in [5.74, 6) is -1.19. The first kappa shape index (κ1) is 17.9. The van der Waals surface area contributed by atoms with Gasteiger partial charge in [0.1, 0.15) is 6.61 Å². The Hall–Kier alpha value is -1.14. The first-order valence-electron chi connectivity index (χ1n) is 6.10.